The summed E-state index contributed by atoms with van der Waals surface area (Å²) in [4.78, 5) is 0. The number of nitrogens with one attached hydrogen (secondary N) is 2. The van der Waals surface area contributed by atoms with Crippen molar-refractivity contribution in [3.8, 4) is 0 Å². The summed E-state index contributed by atoms with van der Waals surface area (Å²) in [6.45, 7) is 0. The quantitative estimate of drug-likeness (QED) is 0.494. The lowest BCUT2D eigenvalue weighted by molar-refractivity contribution is 0.783. The smallest absolute Gasteiger partial charge is 0.0589 e. The van der Waals surface area contributed by atoms with Gasteiger partial charge in [0.2, 0.25) is 0 Å². The van der Waals surface area contributed by atoms with Crippen LogP contribution in [0.15, 0.2) is 35.7 Å². The molecule has 0 unspecified atom stereocenters. The van der Waals surface area contributed by atoms with Crippen LogP contribution in [0.2, 0.25) is 0 Å². The first kappa shape index (κ1) is 4.68. The topological polar surface area (TPSA) is 24.1 Å². The normalized spacial score (nSPS) is 21.3. The fourth-order valence-electron chi connectivity index (χ4n) is 1.04. The van der Waals surface area contributed by atoms with Gasteiger partial charge >= 0.3 is 0 Å². The number of rotatable bonds is 0. The van der Waals surface area contributed by atoms with E-state index in [1.54, 1.807) is 0 Å². The van der Waals surface area contributed by atoms with Gasteiger partial charge in [-0.3, -0.25) is 0 Å². The molecule has 46 valence electrons. The molecule has 0 aromatic rings. The summed E-state index contributed by atoms with van der Waals surface area (Å²) in [6, 6.07) is 0. The first-order valence-corrected chi connectivity index (χ1v) is 3.04. The molecule has 0 spiro atoms. The van der Waals surface area contributed by atoms with Crippen molar-refractivity contribution in [2.75, 3.05) is 0 Å². The molecule has 0 saturated carbocycles. The number of hydrogen-bond donors (Lipinski definition) is 2. The summed E-state index contributed by atoms with van der Waals surface area (Å²) >= 11 is 0. The Morgan fingerprint density at radius 2 is 2.44 bits per heavy atom. The van der Waals surface area contributed by atoms with E-state index in [1.807, 2.05) is 6.20 Å². The highest BCUT2D eigenvalue weighted by Gasteiger charge is 2.09. The largest absolute Gasteiger partial charge is 0.308 e. The van der Waals surface area contributed by atoms with Crippen LogP contribution in [0.3, 0.4) is 0 Å². The Kier molecular flexibility index (Phi) is 0.859. The first-order chi connectivity index (χ1) is 4.47. The van der Waals surface area contributed by atoms with Crippen LogP contribution in [-0.4, -0.2) is 0 Å². The van der Waals surface area contributed by atoms with E-state index in [4.69, 9.17) is 0 Å². The predicted octanol–water partition coefficient (Wildman–Crippen LogP) is 0.822. The van der Waals surface area contributed by atoms with Gasteiger partial charge in [0.1, 0.15) is 0 Å². The Morgan fingerprint density at radius 1 is 1.44 bits per heavy atom. The molecule has 9 heavy (non-hydrogen) atoms. The Hall–Kier alpha value is -1.18. The van der Waals surface area contributed by atoms with Crippen molar-refractivity contribution in [1.29, 1.82) is 0 Å². The Balaban J connectivity index is 2.37. The first-order valence-electron chi connectivity index (χ1n) is 3.04. The summed E-state index contributed by atoms with van der Waals surface area (Å²) in [5.74, 6) is 0. The van der Waals surface area contributed by atoms with Gasteiger partial charge in [-0.05, 0) is 18.1 Å². The summed E-state index contributed by atoms with van der Waals surface area (Å²) in [5, 5.41) is 0. The van der Waals surface area contributed by atoms with E-state index in [9.17, 15) is 0 Å². The Morgan fingerprint density at radius 3 is 3.33 bits per heavy atom. The molecule has 2 aliphatic rings. The molecule has 0 fully saturated rings. The maximum Gasteiger partial charge on any atom is 0.0589 e. The van der Waals surface area contributed by atoms with Crippen molar-refractivity contribution in [2.45, 2.75) is 6.42 Å². The predicted molar refractivity (Wildman–Crippen MR) is 36.2 cm³/mol. The molecule has 1 aliphatic heterocycles. The van der Waals surface area contributed by atoms with Crippen LogP contribution in [0.5, 0.6) is 0 Å². The van der Waals surface area contributed by atoms with Gasteiger partial charge in [-0.15, -0.1) is 0 Å². The summed E-state index contributed by atoms with van der Waals surface area (Å²) < 4.78 is 0. The highest BCUT2D eigenvalue weighted by molar-refractivity contribution is 5.39. The highest BCUT2D eigenvalue weighted by Crippen LogP contribution is 2.18. The van der Waals surface area contributed by atoms with Crippen LogP contribution in [0.4, 0.5) is 0 Å². The zero-order valence-electron chi connectivity index (χ0n) is 5.02. The minimum atomic E-state index is 1.05. The zero-order chi connectivity index (χ0) is 6.10. The van der Waals surface area contributed by atoms with Crippen molar-refractivity contribution < 1.29 is 0 Å². The van der Waals surface area contributed by atoms with E-state index in [-0.39, 0.29) is 0 Å². The van der Waals surface area contributed by atoms with Crippen LogP contribution in [0, 0.1) is 0 Å². The van der Waals surface area contributed by atoms with Gasteiger partial charge in [0.15, 0.2) is 0 Å². The molecule has 1 heterocycles. The van der Waals surface area contributed by atoms with Gasteiger partial charge in [-0.2, -0.15) is 0 Å². The van der Waals surface area contributed by atoms with E-state index >= 15 is 0 Å². The molecule has 0 atom stereocenters. The number of fused-ring (bicyclic) bond motifs is 1. The summed E-state index contributed by atoms with van der Waals surface area (Å²) in [7, 11) is 0. The van der Waals surface area contributed by atoms with E-state index in [0.29, 0.717) is 0 Å². The number of allylic oxidation sites excluding steroid dienone is 4. The summed E-state index contributed by atoms with van der Waals surface area (Å²) in [6.07, 6.45) is 9.31. The molecule has 2 heteroatoms. The maximum atomic E-state index is 3.03. The van der Waals surface area contributed by atoms with E-state index in [1.165, 1.54) is 11.3 Å². The molecule has 0 amide bonds. The third-order valence-electron chi connectivity index (χ3n) is 1.54. The fraction of sp³-hybridized carbons (Fsp3) is 0.143. The molecule has 1 aliphatic carbocycles. The summed E-state index contributed by atoms with van der Waals surface area (Å²) in [5.41, 5.74) is 8.52. The van der Waals surface area contributed by atoms with Gasteiger partial charge in [-0.25, -0.2) is 0 Å². The average molecular weight is 120 g/mol. The van der Waals surface area contributed by atoms with Gasteiger partial charge < -0.3 is 10.9 Å². The van der Waals surface area contributed by atoms with Gasteiger partial charge in [0, 0.05) is 6.20 Å². The van der Waals surface area contributed by atoms with Gasteiger partial charge in [-0.1, -0.05) is 12.2 Å². The second kappa shape index (κ2) is 1.65. The highest BCUT2D eigenvalue weighted by atomic mass is 15.4. The second-order valence-corrected chi connectivity index (χ2v) is 2.15. The molecule has 0 aromatic carbocycles. The van der Waals surface area contributed by atoms with Crippen molar-refractivity contribution in [3.05, 3.63) is 35.7 Å². The molecule has 0 aromatic heterocycles. The fourth-order valence-corrected chi connectivity index (χ4v) is 1.04. The van der Waals surface area contributed by atoms with Crippen molar-refractivity contribution in [1.82, 2.24) is 10.9 Å². The Labute approximate surface area is 53.9 Å². The molecule has 2 N–H and O–H groups in total. The van der Waals surface area contributed by atoms with E-state index in [0.717, 1.165) is 6.42 Å². The minimum absolute atomic E-state index is 1.05. The van der Waals surface area contributed by atoms with Crippen LogP contribution in [-0.2, 0) is 0 Å². The minimum Gasteiger partial charge on any atom is -0.308 e. The van der Waals surface area contributed by atoms with Gasteiger partial charge in [0.05, 0.1) is 5.70 Å². The van der Waals surface area contributed by atoms with Crippen molar-refractivity contribution >= 4 is 0 Å². The van der Waals surface area contributed by atoms with Crippen molar-refractivity contribution in [3.63, 3.8) is 0 Å². The SMILES string of the molecule is C1=CCC2=CNNC2=C1. The lowest BCUT2D eigenvalue weighted by Crippen LogP contribution is -2.19. The number of hydrogen-bond acceptors (Lipinski definition) is 2. The molecule has 0 radical (unpaired) electrons. The van der Waals surface area contributed by atoms with Crippen LogP contribution < -0.4 is 10.9 Å². The second-order valence-electron chi connectivity index (χ2n) is 2.15. The third kappa shape index (κ3) is 0.633. The Bertz CT molecular complexity index is 211. The molecular weight excluding hydrogens is 112 g/mol. The lowest BCUT2D eigenvalue weighted by atomic mass is 10.1. The standard InChI is InChI=1S/C7H8N2/c1-2-4-7-6(3-1)5-8-9-7/h1-2,4-5,8-9H,3H2. The maximum absolute atomic E-state index is 3.03. The zero-order valence-corrected chi connectivity index (χ0v) is 5.02. The third-order valence-corrected chi connectivity index (χ3v) is 1.54. The van der Waals surface area contributed by atoms with E-state index in [2.05, 4.69) is 29.1 Å². The molecule has 0 bridgehead atoms. The van der Waals surface area contributed by atoms with Crippen LogP contribution >= 0.6 is 0 Å². The van der Waals surface area contributed by atoms with Gasteiger partial charge in [0.25, 0.3) is 0 Å². The molecule has 2 rings (SSSR count). The van der Waals surface area contributed by atoms with Crippen LogP contribution in [0.25, 0.3) is 0 Å². The lowest BCUT2D eigenvalue weighted by Gasteiger charge is -2.04. The molecule has 0 saturated heterocycles. The number of hydrazine groups is 1. The van der Waals surface area contributed by atoms with Crippen LogP contribution in [0.1, 0.15) is 6.42 Å². The average Bonchev–Trinajstić information content (AvgIpc) is 2.33. The molecule has 2 nitrogen and oxygen atoms in total. The van der Waals surface area contributed by atoms with Crippen molar-refractivity contribution in [2.24, 2.45) is 0 Å². The molecular formula is C7H8N2. The monoisotopic (exact) mass is 120 g/mol. The van der Waals surface area contributed by atoms with E-state index < -0.39 is 0 Å².